The zero-order valence-electron chi connectivity index (χ0n) is 19.2. The quantitative estimate of drug-likeness (QED) is 0.341. The minimum Gasteiger partial charge on any atom is -0.310 e. The molecule has 1 N–H and O–H groups in total. The van der Waals surface area contributed by atoms with E-state index in [1.54, 1.807) is 16.0 Å². The number of thiazole rings is 1. The summed E-state index contributed by atoms with van der Waals surface area (Å²) >= 11 is 1.58. The van der Waals surface area contributed by atoms with Gasteiger partial charge >= 0.3 is 0 Å². The van der Waals surface area contributed by atoms with E-state index in [0.717, 1.165) is 37.4 Å². The summed E-state index contributed by atoms with van der Waals surface area (Å²) in [6.45, 7) is 8.53. The number of carbonyl (C=O) groups excluding carboxylic acids is 1. The number of aryl methyl sites for hydroxylation is 1. The van der Waals surface area contributed by atoms with Gasteiger partial charge in [-0.3, -0.25) is 4.79 Å². The molecular weight excluding hydrogens is 428 g/mol. The van der Waals surface area contributed by atoms with Gasteiger partial charge in [-0.1, -0.05) is 80.6 Å². The Labute approximate surface area is 197 Å². The largest absolute Gasteiger partial charge is 0.310 e. The summed E-state index contributed by atoms with van der Waals surface area (Å²) in [5, 5.41) is 10.6. The fraction of sp³-hybridized carbons (Fsp3) is 0.222. The van der Waals surface area contributed by atoms with Crippen molar-refractivity contribution in [3.8, 4) is 5.13 Å². The van der Waals surface area contributed by atoms with E-state index in [1.807, 2.05) is 37.3 Å². The van der Waals surface area contributed by atoms with Crippen molar-refractivity contribution in [1.82, 2.24) is 14.8 Å². The van der Waals surface area contributed by atoms with E-state index in [1.165, 1.54) is 5.56 Å². The second kappa shape index (κ2) is 8.12. The summed E-state index contributed by atoms with van der Waals surface area (Å²) in [7, 11) is 0. The van der Waals surface area contributed by atoms with Crippen LogP contribution in [0, 0.1) is 6.92 Å². The van der Waals surface area contributed by atoms with E-state index < -0.39 is 0 Å². The minimum atomic E-state index is -0.0800. The SMILES string of the molecule is Cc1cc(NC(=O)Cc2cccc3ccccc23)n(-c2nc3ccc(C(C)(C)C)cc3s2)n1. The number of hydrogen-bond acceptors (Lipinski definition) is 4. The van der Waals surface area contributed by atoms with E-state index in [2.05, 4.69) is 67.6 Å². The van der Waals surface area contributed by atoms with Crippen LogP contribution >= 0.6 is 11.3 Å². The molecule has 0 aliphatic heterocycles. The van der Waals surface area contributed by atoms with Crippen molar-refractivity contribution in [1.29, 1.82) is 0 Å². The fourth-order valence-corrected chi connectivity index (χ4v) is 4.98. The van der Waals surface area contributed by atoms with E-state index in [0.29, 0.717) is 12.2 Å². The third-order valence-corrected chi connectivity index (χ3v) is 6.75. The lowest BCUT2D eigenvalue weighted by Gasteiger charge is -2.18. The first kappa shape index (κ1) is 21.3. The fourth-order valence-electron chi connectivity index (χ4n) is 4.01. The van der Waals surface area contributed by atoms with Crippen LogP contribution in [0.25, 0.3) is 26.1 Å². The first-order valence-electron chi connectivity index (χ1n) is 11.0. The summed E-state index contributed by atoms with van der Waals surface area (Å²) in [5.41, 5.74) is 4.10. The first-order valence-corrected chi connectivity index (χ1v) is 11.8. The smallest absolute Gasteiger partial charge is 0.229 e. The van der Waals surface area contributed by atoms with Gasteiger partial charge in [0.05, 0.1) is 22.3 Å². The Balaban J connectivity index is 1.44. The highest BCUT2D eigenvalue weighted by molar-refractivity contribution is 7.20. The Morgan fingerprint density at radius 1 is 1.03 bits per heavy atom. The lowest BCUT2D eigenvalue weighted by molar-refractivity contribution is -0.115. The third-order valence-electron chi connectivity index (χ3n) is 5.75. The average molecular weight is 455 g/mol. The zero-order valence-corrected chi connectivity index (χ0v) is 20.0. The van der Waals surface area contributed by atoms with Gasteiger partial charge in [-0.25, -0.2) is 4.98 Å². The number of hydrogen-bond donors (Lipinski definition) is 1. The maximum absolute atomic E-state index is 13.0. The molecule has 166 valence electrons. The van der Waals surface area contributed by atoms with E-state index in [-0.39, 0.29) is 11.3 Å². The highest BCUT2D eigenvalue weighted by Gasteiger charge is 2.18. The van der Waals surface area contributed by atoms with Crippen molar-refractivity contribution in [2.75, 3.05) is 5.32 Å². The molecule has 5 nitrogen and oxygen atoms in total. The Hall–Kier alpha value is -3.51. The monoisotopic (exact) mass is 454 g/mol. The maximum atomic E-state index is 13.0. The van der Waals surface area contributed by atoms with Crippen LogP contribution in [0.1, 0.15) is 37.6 Å². The van der Waals surface area contributed by atoms with Crippen molar-refractivity contribution >= 4 is 44.1 Å². The third kappa shape index (κ3) is 4.26. The predicted octanol–water partition coefficient (Wildman–Crippen LogP) is 6.42. The van der Waals surface area contributed by atoms with Crippen molar-refractivity contribution in [2.24, 2.45) is 0 Å². The molecule has 0 saturated heterocycles. The molecule has 2 heterocycles. The molecule has 5 aromatic rings. The van der Waals surface area contributed by atoms with Gasteiger partial charge in [0.15, 0.2) is 0 Å². The van der Waals surface area contributed by atoms with Gasteiger partial charge in [-0.05, 0) is 46.4 Å². The molecule has 0 aliphatic rings. The topological polar surface area (TPSA) is 59.8 Å². The molecule has 0 unspecified atom stereocenters. The first-order chi connectivity index (χ1) is 15.8. The van der Waals surface area contributed by atoms with Crippen LogP contribution < -0.4 is 5.32 Å². The number of nitrogens with one attached hydrogen (secondary N) is 1. The number of rotatable bonds is 4. The second-order valence-electron chi connectivity index (χ2n) is 9.37. The van der Waals surface area contributed by atoms with Crippen molar-refractivity contribution in [3.63, 3.8) is 0 Å². The molecule has 1 amide bonds. The van der Waals surface area contributed by atoms with Gasteiger partial charge in [0.25, 0.3) is 0 Å². The van der Waals surface area contributed by atoms with Crippen molar-refractivity contribution in [3.05, 3.63) is 83.6 Å². The number of anilines is 1. The van der Waals surface area contributed by atoms with Gasteiger partial charge in [-0.2, -0.15) is 9.78 Å². The summed E-state index contributed by atoms with van der Waals surface area (Å²) < 4.78 is 2.84. The van der Waals surface area contributed by atoms with Crippen LogP contribution in [0.15, 0.2) is 66.7 Å². The number of amides is 1. The molecule has 0 spiro atoms. The van der Waals surface area contributed by atoms with Gasteiger partial charge in [0.1, 0.15) is 5.82 Å². The van der Waals surface area contributed by atoms with E-state index in [9.17, 15) is 4.79 Å². The molecule has 0 atom stereocenters. The van der Waals surface area contributed by atoms with Crippen LogP contribution in [0.5, 0.6) is 0 Å². The molecule has 5 rings (SSSR count). The number of aromatic nitrogens is 3. The molecule has 0 aliphatic carbocycles. The summed E-state index contributed by atoms with van der Waals surface area (Å²) in [6.07, 6.45) is 0.292. The number of benzene rings is 3. The molecule has 33 heavy (non-hydrogen) atoms. The van der Waals surface area contributed by atoms with E-state index in [4.69, 9.17) is 4.98 Å². The average Bonchev–Trinajstić information content (AvgIpc) is 3.35. The molecule has 0 saturated carbocycles. The predicted molar refractivity (Wildman–Crippen MR) is 136 cm³/mol. The number of nitrogens with zero attached hydrogens (tertiary/aromatic N) is 3. The molecule has 3 aromatic carbocycles. The van der Waals surface area contributed by atoms with Gasteiger partial charge in [-0.15, -0.1) is 0 Å². The molecule has 6 heteroatoms. The minimum absolute atomic E-state index is 0.0708. The molecule has 0 bridgehead atoms. The highest BCUT2D eigenvalue weighted by atomic mass is 32.1. The van der Waals surface area contributed by atoms with Gasteiger partial charge in [0.2, 0.25) is 11.0 Å². The Kier molecular flexibility index (Phi) is 5.25. The maximum Gasteiger partial charge on any atom is 0.229 e. The Morgan fingerprint density at radius 3 is 2.64 bits per heavy atom. The molecule has 0 fully saturated rings. The summed E-state index contributed by atoms with van der Waals surface area (Å²) in [6, 6.07) is 22.5. The number of carbonyl (C=O) groups is 1. The molecule has 2 aromatic heterocycles. The summed E-state index contributed by atoms with van der Waals surface area (Å²) in [5.74, 6) is 0.552. The van der Waals surface area contributed by atoms with E-state index >= 15 is 0 Å². The standard InChI is InChI=1S/C27H26N4OS/c1-17-14-24(29-25(32)15-19-10-7-9-18-8-5-6-11-21(18)19)31(30-17)26-28-22-13-12-20(27(2,3)4)16-23(22)33-26/h5-14,16H,15H2,1-4H3,(H,29,32). The van der Waals surface area contributed by atoms with Crippen molar-refractivity contribution < 1.29 is 4.79 Å². The number of fused-ring (bicyclic) bond motifs is 2. The van der Waals surface area contributed by atoms with Crippen LogP contribution in [0.4, 0.5) is 5.82 Å². The van der Waals surface area contributed by atoms with Crippen LogP contribution in [-0.2, 0) is 16.6 Å². The van der Waals surface area contributed by atoms with Crippen molar-refractivity contribution in [2.45, 2.75) is 39.5 Å². The second-order valence-corrected chi connectivity index (χ2v) is 10.4. The normalized spacial score (nSPS) is 11.9. The van der Waals surface area contributed by atoms with Crippen LogP contribution in [0.3, 0.4) is 0 Å². The Morgan fingerprint density at radius 2 is 1.82 bits per heavy atom. The molecular formula is C27H26N4OS. The lowest BCUT2D eigenvalue weighted by atomic mass is 9.87. The summed E-state index contributed by atoms with van der Waals surface area (Å²) in [4.78, 5) is 17.8. The van der Waals surface area contributed by atoms with Gasteiger partial charge < -0.3 is 5.32 Å². The van der Waals surface area contributed by atoms with Crippen LogP contribution in [0.2, 0.25) is 0 Å². The molecule has 0 radical (unpaired) electrons. The Bertz CT molecular complexity index is 1480. The van der Waals surface area contributed by atoms with Crippen LogP contribution in [-0.4, -0.2) is 20.7 Å². The zero-order chi connectivity index (χ0) is 23.2. The lowest BCUT2D eigenvalue weighted by Crippen LogP contribution is -2.17. The highest BCUT2D eigenvalue weighted by Crippen LogP contribution is 2.31. The van der Waals surface area contributed by atoms with Gasteiger partial charge in [0, 0.05) is 6.07 Å².